The predicted molar refractivity (Wildman–Crippen MR) is 97.8 cm³/mol. The molecule has 138 valence electrons. The SMILES string of the molecule is O=C(OCc1ccccc1)[C@H]1CC[C@H]2CN1C(=O)N2C(=O)c1ccccc1. The first-order chi connectivity index (χ1) is 13.1. The lowest BCUT2D eigenvalue weighted by Gasteiger charge is -2.28. The molecular weight excluding hydrogens is 344 g/mol. The van der Waals surface area contributed by atoms with E-state index < -0.39 is 18.0 Å². The van der Waals surface area contributed by atoms with Crippen LogP contribution in [0.4, 0.5) is 4.79 Å². The van der Waals surface area contributed by atoms with Gasteiger partial charge in [-0.2, -0.15) is 0 Å². The van der Waals surface area contributed by atoms with Gasteiger partial charge < -0.3 is 9.64 Å². The molecule has 6 heteroatoms. The molecule has 27 heavy (non-hydrogen) atoms. The summed E-state index contributed by atoms with van der Waals surface area (Å²) >= 11 is 0. The first kappa shape index (κ1) is 17.3. The zero-order chi connectivity index (χ0) is 18.8. The number of ether oxygens (including phenoxy) is 1. The van der Waals surface area contributed by atoms with Crippen LogP contribution in [0.25, 0.3) is 0 Å². The van der Waals surface area contributed by atoms with Crippen molar-refractivity contribution >= 4 is 17.9 Å². The molecule has 0 saturated carbocycles. The Balaban J connectivity index is 1.44. The van der Waals surface area contributed by atoms with Crippen LogP contribution in [0.5, 0.6) is 0 Å². The normalized spacial score (nSPS) is 21.3. The molecular formula is C21H20N2O4. The van der Waals surface area contributed by atoms with E-state index in [1.807, 2.05) is 36.4 Å². The van der Waals surface area contributed by atoms with Crippen molar-refractivity contribution in [1.29, 1.82) is 0 Å². The second-order valence-electron chi connectivity index (χ2n) is 6.82. The van der Waals surface area contributed by atoms with Crippen LogP contribution in [0.15, 0.2) is 60.7 Å². The molecule has 4 rings (SSSR count). The van der Waals surface area contributed by atoms with Gasteiger partial charge in [0.05, 0.1) is 6.04 Å². The summed E-state index contributed by atoms with van der Waals surface area (Å²) in [4.78, 5) is 40.9. The highest BCUT2D eigenvalue weighted by Gasteiger charge is 2.49. The number of urea groups is 1. The maximum atomic E-state index is 12.8. The summed E-state index contributed by atoms with van der Waals surface area (Å²) in [6.07, 6.45) is 1.11. The van der Waals surface area contributed by atoms with Crippen LogP contribution in [-0.4, -0.2) is 46.3 Å². The average molecular weight is 364 g/mol. The lowest BCUT2D eigenvalue weighted by Crippen LogP contribution is -2.45. The van der Waals surface area contributed by atoms with Crippen LogP contribution >= 0.6 is 0 Å². The number of carbonyl (C=O) groups is 3. The Kier molecular flexibility index (Phi) is 4.62. The fourth-order valence-corrected chi connectivity index (χ4v) is 3.71. The molecule has 0 N–H and O–H groups in total. The largest absolute Gasteiger partial charge is 0.459 e. The third-order valence-corrected chi connectivity index (χ3v) is 5.11. The van der Waals surface area contributed by atoms with Crippen molar-refractivity contribution in [3.63, 3.8) is 0 Å². The lowest BCUT2D eigenvalue weighted by molar-refractivity contribution is -0.151. The Morgan fingerprint density at radius 3 is 2.33 bits per heavy atom. The van der Waals surface area contributed by atoms with Crippen molar-refractivity contribution < 1.29 is 19.1 Å². The van der Waals surface area contributed by atoms with Crippen molar-refractivity contribution in [2.75, 3.05) is 6.54 Å². The molecule has 0 aliphatic carbocycles. The molecule has 0 radical (unpaired) electrons. The third kappa shape index (κ3) is 3.30. The van der Waals surface area contributed by atoms with E-state index in [4.69, 9.17) is 4.74 Å². The third-order valence-electron chi connectivity index (χ3n) is 5.11. The second kappa shape index (κ2) is 7.23. The van der Waals surface area contributed by atoms with E-state index in [2.05, 4.69) is 0 Å². The minimum Gasteiger partial charge on any atom is -0.459 e. The van der Waals surface area contributed by atoms with E-state index in [1.165, 1.54) is 9.80 Å². The molecule has 2 aliphatic rings. The summed E-state index contributed by atoms with van der Waals surface area (Å²) in [7, 11) is 0. The molecule has 0 spiro atoms. The van der Waals surface area contributed by atoms with Crippen molar-refractivity contribution in [3.8, 4) is 0 Å². The van der Waals surface area contributed by atoms with Gasteiger partial charge >= 0.3 is 12.0 Å². The minimum atomic E-state index is -0.633. The van der Waals surface area contributed by atoms with Crippen molar-refractivity contribution in [3.05, 3.63) is 71.8 Å². The quantitative estimate of drug-likeness (QED) is 0.783. The van der Waals surface area contributed by atoms with Gasteiger partial charge in [-0.15, -0.1) is 0 Å². The summed E-state index contributed by atoms with van der Waals surface area (Å²) in [5, 5.41) is 0. The number of nitrogens with zero attached hydrogens (tertiary/aromatic N) is 2. The minimum absolute atomic E-state index is 0.175. The van der Waals surface area contributed by atoms with Crippen LogP contribution in [0.1, 0.15) is 28.8 Å². The van der Waals surface area contributed by atoms with Crippen molar-refractivity contribution in [2.24, 2.45) is 0 Å². The Hall–Kier alpha value is -3.15. The summed E-state index contributed by atoms with van der Waals surface area (Å²) in [6, 6.07) is 16.9. The van der Waals surface area contributed by atoms with E-state index in [1.54, 1.807) is 24.3 Å². The van der Waals surface area contributed by atoms with Gasteiger partial charge in [0.1, 0.15) is 12.6 Å². The van der Waals surface area contributed by atoms with E-state index in [-0.39, 0.29) is 18.6 Å². The molecule has 2 saturated heterocycles. The second-order valence-corrected chi connectivity index (χ2v) is 6.82. The number of imide groups is 1. The molecule has 2 heterocycles. The van der Waals surface area contributed by atoms with Gasteiger partial charge in [0, 0.05) is 12.1 Å². The van der Waals surface area contributed by atoms with Gasteiger partial charge in [0.2, 0.25) is 0 Å². The van der Waals surface area contributed by atoms with Crippen LogP contribution in [0, 0.1) is 0 Å². The van der Waals surface area contributed by atoms with E-state index >= 15 is 0 Å². The number of hydrogen-bond donors (Lipinski definition) is 0. The summed E-state index contributed by atoms with van der Waals surface area (Å²) in [5.41, 5.74) is 1.37. The maximum absolute atomic E-state index is 12.8. The predicted octanol–water partition coefficient (Wildman–Crippen LogP) is 2.84. The van der Waals surface area contributed by atoms with Crippen molar-refractivity contribution in [2.45, 2.75) is 31.5 Å². The topological polar surface area (TPSA) is 66.9 Å². The summed E-state index contributed by atoms with van der Waals surface area (Å²) < 4.78 is 5.41. The number of amides is 3. The molecule has 2 aromatic carbocycles. The van der Waals surface area contributed by atoms with Crippen molar-refractivity contribution in [1.82, 2.24) is 9.80 Å². The van der Waals surface area contributed by atoms with Gasteiger partial charge in [0.25, 0.3) is 5.91 Å². The fraction of sp³-hybridized carbons (Fsp3) is 0.286. The smallest absolute Gasteiger partial charge is 0.329 e. The molecule has 3 amide bonds. The first-order valence-corrected chi connectivity index (χ1v) is 9.05. The monoisotopic (exact) mass is 364 g/mol. The van der Waals surface area contributed by atoms with Gasteiger partial charge in [-0.25, -0.2) is 9.59 Å². The van der Waals surface area contributed by atoms with Crippen LogP contribution < -0.4 is 0 Å². The number of hydrogen-bond acceptors (Lipinski definition) is 4. The Morgan fingerprint density at radius 2 is 1.63 bits per heavy atom. The number of piperidine rings is 1. The zero-order valence-corrected chi connectivity index (χ0v) is 14.8. The molecule has 2 aromatic rings. The fourth-order valence-electron chi connectivity index (χ4n) is 3.71. The standard InChI is InChI=1S/C21H20N2O4/c24-19(16-9-5-2-6-10-16)23-17-11-12-18(22(13-17)21(23)26)20(25)27-14-15-7-3-1-4-8-15/h1-10,17-18H,11-14H2/t17-,18+/m0/s1. The molecule has 2 fully saturated rings. The summed E-state index contributed by atoms with van der Waals surface area (Å²) in [6.45, 7) is 0.552. The number of esters is 1. The van der Waals surface area contributed by atoms with Gasteiger partial charge in [-0.3, -0.25) is 9.69 Å². The van der Waals surface area contributed by atoms with Gasteiger partial charge in [-0.05, 0) is 30.5 Å². The first-order valence-electron chi connectivity index (χ1n) is 9.05. The Bertz CT molecular complexity index is 853. The lowest BCUT2D eigenvalue weighted by atomic mass is 10.0. The number of rotatable bonds is 4. The van der Waals surface area contributed by atoms with E-state index in [9.17, 15) is 14.4 Å². The Morgan fingerprint density at radius 1 is 0.963 bits per heavy atom. The molecule has 2 bridgehead atoms. The molecule has 0 unspecified atom stereocenters. The number of carbonyl (C=O) groups excluding carboxylic acids is 3. The van der Waals surface area contributed by atoms with Crippen LogP contribution in [0.3, 0.4) is 0 Å². The highest BCUT2D eigenvalue weighted by molar-refractivity contribution is 6.06. The van der Waals surface area contributed by atoms with Gasteiger partial charge in [-0.1, -0.05) is 48.5 Å². The Labute approximate surface area is 157 Å². The van der Waals surface area contributed by atoms with Crippen LogP contribution in [-0.2, 0) is 16.1 Å². The van der Waals surface area contributed by atoms with E-state index in [0.717, 1.165) is 5.56 Å². The molecule has 6 nitrogen and oxygen atoms in total. The summed E-state index contributed by atoms with van der Waals surface area (Å²) in [5.74, 6) is -0.730. The van der Waals surface area contributed by atoms with E-state index in [0.29, 0.717) is 24.9 Å². The number of fused-ring (bicyclic) bond motifs is 2. The zero-order valence-electron chi connectivity index (χ0n) is 14.8. The number of benzene rings is 2. The van der Waals surface area contributed by atoms with Gasteiger partial charge in [0.15, 0.2) is 0 Å². The molecule has 0 aromatic heterocycles. The maximum Gasteiger partial charge on any atom is 0.329 e. The average Bonchev–Trinajstić information content (AvgIpc) is 2.97. The highest BCUT2D eigenvalue weighted by Crippen LogP contribution is 2.31. The molecule has 2 aliphatic heterocycles. The molecule has 2 atom stereocenters. The van der Waals surface area contributed by atoms with Crippen LogP contribution in [0.2, 0.25) is 0 Å². The highest BCUT2D eigenvalue weighted by atomic mass is 16.5.